The van der Waals surface area contributed by atoms with E-state index >= 15 is 0 Å². The molecule has 7 N–H and O–H groups in total. The quantitative estimate of drug-likeness (QED) is 0.0184. The average Bonchev–Trinajstić information content (AvgIpc) is 1.78. The predicted octanol–water partition coefficient (Wildman–Crippen LogP) is 14.4. The number of carbonyl (C=O) groups is 11. The number of hydrogen-bond acceptors (Lipinski definition) is 19. The van der Waals surface area contributed by atoms with Gasteiger partial charge in [-0.05, 0) is 191 Å². The molecule has 0 aromatic heterocycles. The van der Waals surface area contributed by atoms with Gasteiger partial charge in [0.2, 0.25) is 29.5 Å². The second-order valence-electron chi connectivity index (χ2n) is 40.0. The Morgan fingerprint density at radius 1 is 0.397 bits per heavy atom. The molecule has 3 heterocycles. The zero-order chi connectivity index (χ0) is 98.5. The molecule has 3 saturated heterocycles. The fourth-order valence-electron chi connectivity index (χ4n) is 14.3. The van der Waals surface area contributed by atoms with E-state index in [0.717, 1.165) is 98.7 Å². The van der Waals surface area contributed by atoms with Crippen LogP contribution in [0, 0.1) is 16.2 Å². The van der Waals surface area contributed by atoms with Gasteiger partial charge in [0.15, 0.2) is 0 Å². The minimum Gasteiger partial charge on any atom is -0.480 e. The molecule has 0 saturated carbocycles. The first-order chi connectivity index (χ1) is 61.2. The topological polar surface area (TPSA) is 362 Å². The summed E-state index contributed by atoms with van der Waals surface area (Å²) in [6.07, 6.45) is 4.85. The molecule has 3 aliphatic rings. The minimum atomic E-state index is -1.06. The second kappa shape index (κ2) is 53.0. The third-order valence-corrected chi connectivity index (χ3v) is 22.5. The van der Waals surface area contributed by atoms with Crippen molar-refractivity contribution in [3.63, 3.8) is 0 Å². The lowest BCUT2D eigenvalue weighted by Crippen LogP contribution is -2.59. The zero-order valence-electron chi connectivity index (χ0n) is 82.9. The summed E-state index contributed by atoms with van der Waals surface area (Å²) in [5.41, 5.74) is 8.26. The normalized spacial score (nSPS) is 16.4. The maximum absolute atomic E-state index is 14.2. The summed E-state index contributed by atoms with van der Waals surface area (Å²) < 4.78 is 27.2. The van der Waals surface area contributed by atoms with Gasteiger partial charge in [-0.1, -0.05) is 214 Å². The van der Waals surface area contributed by atoms with E-state index in [9.17, 15) is 52.7 Å². The number of likely N-dealkylation sites (tertiary alicyclic amines) is 3. The molecule has 30 nitrogen and oxygen atoms in total. The number of carboxylic acid groups (broad SMARTS) is 1. The number of likely N-dealkylation sites (N-methyl/N-ethyl adjacent to an activating group) is 3. The van der Waals surface area contributed by atoms with Crippen LogP contribution in [0.4, 0.5) is 24.0 Å². The van der Waals surface area contributed by atoms with Gasteiger partial charge in [-0.3, -0.25) is 38.7 Å². The lowest BCUT2D eigenvalue weighted by atomic mass is 9.85. The maximum atomic E-state index is 14.2. The van der Waals surface area contributed by atoms with Crippen LogP contribution in [0.5, 0.6) is 0 Å². The summed E-state index contributed by atoms with van der Waals surface area (Å²) in [6.45, 7) is 43.5. The van der Waals surface area contributed by atoms with Crippen LogP contribution in [0.3, 0.4) is 0 Å². The van der Waals surface area contributed by atoms with Gasteiger partial charge in [-0.2, -0.15) is 0 Å². The number of aliphatic carboxylic acids is 1. The third-order valence-electron chi connectivity index (χ3n) is 22.5. The molecule has 0 spiro atoms. The van der Waals surface area contributed by atoms with Gasteiger partial charge in [-0.25, -0.2) is 28.8 Å². The Morgan fingerprint density at radius 3 is 0.977 bits per heavy atom. The summed E-state index contributed by atoms with van der Waals surface area (Å²) in [7, 11) is 5.43. The van der Waals surface area contributed by atoms with E-state index in [1.807, 2.05) is 200 Å². The number of rotatable bonds is 30. The van der Waals surface area contributed by atoms with E-state index < -0.39 is 100 Å². The van der Waals surface area contributed by atoms with Crippen LogP contribution >= 0.6 is 0 Å². The molecule has 0 radical (unpaired) electrons. The maximum Gasteiger partial charge on any atom is 0.410 e. The second-order valence-corrected chi connectivity index (χ2v) is 40.0. The number of nitrogens with one attached hydrogen (secondary N) is 3. The molecular formula is C101H156N12O18. The number of hydrogen-bond donors (Lipinski definition) is 6. The Balaban J connectivity index is 0.000000383. The smallest absolute Gasteiger partial charge is 0.410 e. The van der Waals surface area contributed by atoms with Crippen LogP contribution in [-0.2, 0) is 84.9 Å². The van der Waals surface area contributed by atoms with Crippen molar-refractivity contribution < 1.29 is 86.6 Å². The summed E-state index contributed by atoms with van der Waals surface area (Å²) in [5, 5.41) is 25.0. The third kappa shape index (κ3) is 39.6. The molecule has 9 atom stereocenters. The Labute approximate surface area is 780 Å². The SMILES string of the molecule is CC(C)(C)[C@H](N)C(=O)N1CCC[C@H]1CN(CCc1ccccc1)C(=O)OCc1ccccc1.CO.C[C@@H](C(=O)N[C@H](C(=O)N1CCC[C@H]1CN(CCc1ccccc1)C(=O)OCc1ccccc1)C(C)(C)C)N(C)C(=O)OC(C)(C)C.C[C@@H](C(=O)N[C@H](C(=O)N1CCC[C@H]1CNCCc1ccccc1)C(C)(C)C)N(C)C(=O)OC(C)(C)C.C[C@@H](C(=O)O)N(C)C(=O)OC(C)(C)C. The van der Waals surface area contributed by atoms with Crippen molar-refractivity contribution in [2.24, 2.45) is 22.0 Å². The van der Waals surface area contributed by atoms with Crippen molar-refractivity contribution in [1.82, 2.24) is 55.1 Å². The molecule has 5 aromatic rings. The van der Waals surface area contributed by atoms with E-state index in [1.54, 1.807) is 90.9 Å². The molecule has 0 bridgehead atoms. The number of carbonyl (C=O) groups excluding carboxylic acids is 10. The Bertz CT molecular complexity index is 4340. The Morgan fingerprint density at radius 2 is 0.679 bits per heavy atom. The number of amides is 10. The van der Waals surface area contributed by atoms with E-state index in [4.69, 9.17) is 39.6 Å². The van der Waals surface area contributed by atoms with Crippen molar-refractivity contribution in [3.05, 3.63) is 179 Å². The summed E-state index contributed by atoms with van der Waals surface area (Å²) in [5.74, 6) is -2.21. The highest BCUT2D eigenvalue weighted by Gasteiger charge is 2.45. The van der Waals surface area contributed by atoms with Gasteiger partial charge in [-0.15, -0.1) is 0 Å². The number of benzene rings is 5. The molecule has 0 unspecified atom stereocenters. The van der Waals surface area contributed by atoms with Crippen molar-refractivity contribution in [1.29, 1.82) is 0 Å². The summed E-state index contributed by atoms with van der Waals surface area (Å²) >= 11 is 0. The van der Waals surface area contributed by atoms with E-state index in [-0.39, 0.29) is 66.5 Å². The number of nitrogens with two attached hydrogens (primary N) is 1. The molecule has 30 heteroatoms. The van der Waals surface area contributed by atoms with E-state index in [0.29, 0.717) is 52.2 Å². The number of aliphatic hydroxyl groups is 1. The lowest BCUT2D eigenvalue weighted by molar-refractivity contribution is -0.142. The lowest BCUT2D eigenvalue weighted by Gasteiger charge is -2.38. The Hall–Kier alpha value is -10.8. The van der Waals surface area contributed by atoms with Crippen LogP contribution < -0.4 is 21.7 Å². The van der Waals surface area contributed by atoms with Gasteiger partial charge >= 0.3 is 36.4 Å². The highest BCUT2D eigenvalue weighted by Crippen LogP contribution is 2.31. The van der Waals surface area contributed by atoms with Gasteiger partial charge < -0.3 is 80.1 Å². The molecule has 728 valence electrons. The van der Waals surface area contributed by atoms with Crippen LogP contribution in [0.15, 0.2) is 152 Å². The number of carboxylic acids is 1. The first kappa shape index (κ1) is 112. The van der Waals surface area contributed by atoms with Crippen LogP contribution in [0.2, 0.25) is 0 Å². The number of nitrogens with zero attached hydrogens (tertiary/aromatic N) is 8. The molecule has 3 aliphatic heterocycles. The van der Waals surface area contributed by atoms with E-state index in [1.165, 1.54) is 43.4 Å². The van der Waals surface area contributed by atoms with Gasteiger partial charge in [0, 0.05) is 98.7 Å². The average molecular weight is 1830 g/mol. The highest BCUT2D eigenvalue weighted by atomic mass is 16.6. The molecule has 5 aromatic carbocycles. The first-order valence-electron chi connectivity index (χ1n) is 45.7. The zero-order valence-corrected chi connectivity index (χ0v) is 82.9. The highest BCUT2D eigenvalue weighted by molar-refractivity contribution is 5.93. The fourth-order valence-corrected chi connectivity index (χ4v) is 14.3. The molecule has 0 aliphatic carbocycles. The first-order valence-corrected chi connectivity index (χ1v) is 45.7. The minimum absolute atomic E-state index is 0.0364. The van der Waals surface area contributed by atoms with Crippen LogP contribution in [0.25, 0.3) is 0 Å². The molecule has 131 heavy (non-hydrogen) atoms. The van der Waals surface area contributed by atoms with Gasteiger partial charge in [0.1, 0.15) is 60.2 Å². The fraction of sp³-hybridized carbons (Fsp3) is 0.594. The van der Waals surface area contributed by atoms with E-state index in [2.05, 4.69) is 40.2 Å². The largest absolute Gasteiger partial charge is 0.480 e. The molecular weight excluding hydrogens is 1670 g/mol. The summed E-state index contributed by atoms with van der Waals surface area (Å²) in [6, 6.07) is 44.7. The number of ether oxygens (including phenoxy) is 5. The molecule has 8 rings (SSSR count). The van der Waals surface area contributed by atoms with Crippen molar-refractivity contribution >= 4 is 66.0 Å². The van der Waals surface area contributed by atoms with Crippen molar-refractivity contribution in [2.45, 2.75) is 288 Å². The molecule has 3 fully saturated rings. The van der Waals surface area contributed by atoms with Crippen molar-refractivity contribution in [2.75, 3.05) is 87.2 Å². The van der Waals surface area contributed by atoms with Crippen LogP contribution in [0.1, 0.15) is 212 Å². The standard InChI is InChI=1S/C36H52N4O6.C28H46N4O4.C27H37N3O3.C9H17NO4.CH4O/c1-26(38(8)33(43)46-36(5,6)7)31(41)37-30(35(2,3)4)32(42)40-22-15-20-29(40)24-39(23-21-27-16-11-9-12-17-27)34(44)45-25-28-18-13-10-14-19-28;1-20(31(8)26(35)36-28(5,6)7)24(33)30-23(27(2,3)4)25(34)32-18-12-15-22(32)19-29-17-16-21-13-10-9-11-14-21;1-27(2,3)24(28)25(31)30-17-10-15-23(30)19-29(18-16-21-11-6-4-7-12-21)26(32)33-20-22-13-8-5-9-14-22;1-6(7(11)12)10(5)8(13)14-9(2,3)4;1-2/h9-14,16-19,26,29-30H,15,20-25H2,1-8H3,(H,37,41);9-11,13-14,20,22-23,29H,12,15-19H2,1-8H3,(H,30,33);4-9,11-14,23-24H,10,15-20,28H2,1-3H3;6H,1-5H3,(H,11,12);2H,1H3/t26-,29-,30+;20-,22-,23+;23-,24+;6-;/m0000./s1. The predicted molar refractivity (Wildman–Crippen MR) is 510 cm³/mol. The van der Waals surface area contributed by atoms with Gasteiger partial charge in [0.25, 0.3) is 0 Å². The van der Waals surface area contributed by atoms with Crippen LogP contribution in [-0.4, -0.2) is 274 Å². The number of aliphatic hydroxyl groups excluding tert-OH is 1. The molecule has 10 amide bonds. The Kier molecular flexibility index (Phi) is 45.5. The van der Waals surface area contributed by atoms with Gasteiger partial charge in [0.05, 0.1) is 6.04 Å². The monoisotopic (exact) mass is 1830 g/mol. The van der Waals surface area contributed by atoms with Crippen molar-refractivity contribution in [3.8, 4) is 0 Å². The summed E-state index contributed by atoms with van der Waals surface area (Å²) in [4.78, 5) is 153.